The second kappa shape index (κ2) is 13.8. The quantitative estimate of drug-likeness (QED) is 0.244. The van der Waals surface area contributed by atoms with Crippen molar-refractivity contribution in [1.29, 1.82) is 0 Å². The number of aromatic nitrogens is 1. The van der Waals surface area contributed by atoms with Crippen LogP contribution in [0.2, 0.25) is 0 Å². The second-order valence-electron chi connectivity index (χ2n) is 15.8. The molecule has 1 spiro atoms. The molecule has 3 fully saturated rings. The number of nitrogens with one attached hydrogen (secondary N) is 3. The first-order valence-electron chi connectivity index (χ1n) is 18.5. The summed E-state index contributed by atoms with van der Waals surface area (Å²) in [5, 5.41) is 14.6. The first kappa shape index (κ1) is 39.6. The van der Waals surface area contributed by atoms with Crippen molar-refractivity contribution in [3.63, 3.8) is 0 Å². The van der Waals surface area contributed by atoms with Gasteiger partial charge in [-0.25, -0.2) is 22.6 Å². The number of nitrogens with zero attached hydrogens (tertiary/aromatic N) is 2. The number of fused-ring (bicyclic) bond motifs is 5. The smallest absolute Gasteiger partial charge is 0.437 e. The zero-order valence-electron chi connectivity index (χ0n) is 30.9. The number of alkyl halides is 4. The number of carboxylic acid groups (broad SMARTS) is 1. The average molecular weight is 810 g/mol. The van der Waals surface area contributed by atoms with Crippen molar-refractivity contribution in [3.8, 4) is 11.5 Å². The van der Waals surface area contributed by atoms with Gasteiger partial charge in [0.1, 0.15) is 35.1 Å². The molecule has 4 amide bonds. The van der Waals surface area contributed by atoms with Crippen LogP contribution in [-0.4, -0.2) is 88.8 Å². The standard InChI is InChI=1S/C37H43F4N5O9S/c1-19-27-30(47)44-36(32(49)45-56(52,53)34(2)13-14-34)16-20(36)9-7-5-4-6-8-10-25(43-33(50)51)31(48)46(27)18-35(19)17-23(38)26-22-15-21(54-3)11-12-24(22)42-29(28(26)55-35)37(39,40)41/h7,9,11-12,15,19-20,23,25,27,43H,4-6,8,10,13-14,16-18H2,1-3H3,(H,44,47)(H,45,49)(H,50,51)/t19?,20-,23+,25+,27+,35-,36-/m1/s1. The zero-order chi connectivity index (χ0) is 40.6. The minimum Gasteiger partial charge on any atom is -0.497 e. The maximum absolute atomic E-state index is 16.8. The average Bonchev–Trinajstić information content (AvgIpc) is 4.02. The van der Waals surface area contributed by atoms with Crippen LogP contribution in [0.4, 0.5) is 22.4 Å². The van der Waals surface area contributed by atoms with Gasteiger partial charge in [0.25, 0.3) is 5.91 Å². The minimum absolute atomic E-state index is 0.00424. The molecule has 19 heteroatoms. The van der Waals surface area contributed by atoms with Crippen LogP contribution in [0.1, 0.15) is 89.1 Å². The summed E-state index contributed by atoms with van der Waals surface area (Å²) in [5.41, 5.74) is -5.88. The summed E-state index contributed by atoms with van der Waals surface area (Å²) in [6.45, 7) is 2.26. The largest absolute Gasteiger partial charge is 0.497 e. The maximum atomic E-state index is 16.8. The number of pyridine rings is 1. The number of carbonyl (C=O) groups excluding carboxylic acids is 3. The van der Waals surface area contributed by atoms with E-state index in [2.05, 4.69) is 20.3 Å². The summed E-state index contributed by atoms with van der Waals surface area (Å²) in [4.78, 5) is 59.6. The molecule has 2 saturated carbocycles. The number of amides is 4. The molecule has 3 aliphatic heterocycles. The molecular formula is C37H43F4N5O9S. The van der Waals surface area contributed by atoms with E-state index in [-0.39, 0.29) is 29.5 Å². The highest BCUT2D eigenvalue weighted by molar-refractivity contribution is 7.91. The summed E-state index contributed by atoms with van der Waals surface area (Å²) < 4.78 is 99.6. The second-order valence-corrected chi connectivity index (χ2v) is 18.0. The van der Waals surface area contributed by atoms with Gasteiger partial charge in [-0.05, 0) is 63.6 Å². The van der Waals surface area contributed by atoms with Gasteiger partial charge in [-0.1, -0.05) is 31.9 Å². The van der Waals surface area contributed by atoms with Crippen LogP contribution < -0.4 is 24.8 Å². The third-order valence-electron chi connectivity index (χ3n) is 12.2. The van der Waals surface area contributed by atoms with Gasteiger partial charge in [0, 0.05) is 29.2 Å². The summed E-state index contributed by atoms with van der Waals surface area (Å²) in [6.07, 6.45) is -3.09. The van der Waals surface area contributed by atoms with Gasteiger partial charge < -0.3 is 30.1 Å². The molecule has 2 aromatic rings. The third kappa shape index (κ3) is 6.78. The Hall–Kier alpha value is -4.68. The number of hydrogen-bond acceptors (Lipinski definition) is 9. The van der Waals surface area contributed by atoms with Crippen molar-refractivity contribution in [2.24, 2.45) is 11.8 Å². The molecule has 4 N–H and O–H groups in total. The lowest BCUT2D eigenvalue weighted by molar-refractivity contribution is -0.145. The van der Waals surface area contributed by atoms with E-state index in [4.69, 9.17) is 9.47 Å². The first-order chi connectivity index (χ1) is 26.3. The monoisotopic (exact) mass is 809 g/mol. The van der Waals surface area contributed by atoms with Crippen molar-refractivity contribution >= 4 is 44.7 Å². The lowest BCUT2D eigenvalue weighted by Crippen LogP contribution is -2.59. The lowest BCUT2D eigenvalue weighted by Gasteiger charge is -2.41. The summed E-state index contributed by atoms with van der Waals surface area (Å²) >= 11 is 0. The number of sulfonamides is 1. The Morgan fingerprint density at radius 2 is 1.88 bits per heavy atom. The summed E-state index contributed by atoms with van der Waals surface area (Å²) in [6, 6.07) is 0.949. The predicted octanol–water partition coefficient (Wildman–Crippen LogP) is 4.67. The molecule has 2 aliphatic carbocycles. The topological polar surface area (TPSA) is 193 Å². The maximum Gasteiger partial charge on any atom is 0.437 e. The minimum atomic E-state index is -5.13. The van der Waals surface area contributed by atoms with Gasteiger partial charge in [0.05, 0.1) is 23.9 Å². The highest BCUT2D eigenvalue weighted by Crippen LogP contribution is 2.55. The van der Waals surface area contributed by atoms with E-state index < -0.39 is 116 Å². The number of methoxy groups -OCH3 is 1. The van der Waals surface area contributed by atoms with Crippen LogP contribution in [0.25, 0.3) is 10.9 Å². The molecule has 1 saturated heterocycles. The molecule has 5 aliphatic rings. The fourth-order valence-corrected chi connectivity index (χ4v) is 9.70. The van der Waals surface area contributed by atoms with Crippen molar-refractivity contribution in [2.75, 3.05) is 13.7 Å². The van der Waals surface area contributed by atoms with Crippen molar-refractivity contribution < 1.29 is 59.7 Å². The van der Waals surface area contributed by atoms with Crippen LogP contribution in [0.5, 0.6) is 11.5 Å². The van der Waals surface area contributed by atoms with Crippen LogP contribution in [-0.2, 0) is 30.6 Å². The molecule has 56 heavy (non-hydrogen) atoms. The zero-order valence-corrected chi connectivity index (χ0v) is 31.7. The highest BCUT2D eigenvalue weighted by atomic mass is 32.2. The number of benzene rings is 1. The molecule has 1 aromatic carbocycles. The molecular weight excluding hydrogens is 766 g/mol. The van der Waals surface area contributed by atoms with Crippen molar-refractivity contribution in [3.05, 3.63) is 41.6 Å². The molecule has 1 unspecified atom stereocenters. The van der Waals surface area contributed by atoms with E-state index in [0.29, 0.717) is 38.5 Å². The Balaban J connectivity index is 1.32. The van der Waals surface area contributed by atoms with E-state index in [1.54, 1.807) is 12.2 Å². The van der Waals surface area contributed by atoms with Crippen LogP contribution in [0.15, 0.2) is 30.4 Å². The molecule has 4 heterocycles. The van der Waals surface area contributed by atoms with Crippen LogP contribution in [0.3, 0.4) is 0 Å². The van der Waals surface area contributed by atoms with Gasteiger partial charge >= 0.3 is 12.3 Å². The van der Waals surface area contributed by atoms with Crippen molar-refractivity contribution in [1.82, 2.24) is 25.2 Å². The fourth-order valence-electron chi connectivity index (χ4n) is 8.39. The Morgan fingerprint density at radius 1 is 1.14 bits per heavy atom. The number of hydrogen-bond donors (Lipinski definition) is 4. The summed E-state index contributed by atoms with van der Waals surface area (Å²) in [7, 11) is -2.82. The number of ether oxygens (including phenoxy) is 2. The molecule has 0 bridgehead atoms. The number of carbonyl (C=O) groups is 4. The lowest BCUT2D eigenvalue weighted by atomic mass is 9.79. The van der Waals surface area contributed by atoms with Gasteiger partial charge in [-0.2, -0.15) is 13.2 Å². The van der Waals surface area contributed by atoms with E-state index in [1.165, 1.54) is 39.2 Å². The SMILES string of the molecule is COc1ccc2nc(C(F)(F)F)c3c(c2c1)[C@@H](F)C[C@]1(CN2C(=O)[C@@H](NC(=O)O)CCCCCC=C[C@@H]4C[C@@]4(C(=O)NS(=O)(=O)C4(C)CC4)NC(=O)[C@@H]2C1C)O3. The number of halogens is 4. The van der Waals surface area contributed by atoms with Crippen LogP contribution in [0, 0.1) is 11.8 Å². The molecule has 7 atom stereocenters. The summed E-state index contributed by atoms with van der Waals surface area (Å²) in [5.74, 6) is -5.47. The Morgan fingerprint density at radius 3 is 2.54 bits per heavy atom. The van der Waals surface area contributed by atoms with E-state index in [0.717, 1.165) is 4.90 Å². The van der Waals surface area contributed by atoms with Gasteiger partial charge in [0.15, 0.2) is 11.4 Å². The molecule has 14 nitrogen and oxygen atoms in total. The van der Waals surface area contributed by atoms with Crippen molar-refractivity contribution in [2.45, 2.75) is 112 Å². The number of allylic oxidation sites excluding steroid dienone is 1. The highest BCUT2D eigenvalue weighted by Gasteiger charge is 2.66. The predicted molar refractivity (Wildman–Crippen MR) is 191 cm³/mol. The van der Waals surface area contributed by atoms with E-state index >= 15 is 4.39 Å². The van der Waals surface area contributed by atoms with Gasteiger partial charge in [-0.3, -0.25) is 19.1 Å². The molecule has 0 radical (unpaired) electrons. The van der Waals surface area contributed by atoms with Gasteiger partial charge in [-0.15, -0.1) is 0 Å². The third-order valence-corrected chi connectivity index (χ3v) is 14.3. The van der Waals surface area contributed by atoms with Gasteiger partial charge in [0.2, 0.25) is 21.8 Å². The molecule has 1 aromatic heterocycles. The fraction of sp³-hybridized carbons (Fsp3) is 0.595. The Labute approximate surface area is 319 Å². The van der Waals surface area contributed by atoms with E-state index in [1.807, 2.05) is 0 Å². The Kier molecular flexibility index (Phi) is 9.72. The van der Waals surface area contributed by atoms with Crippen LogP contribution >= 0.6 is 0 Å². The van der Waals surface area contributed by atoms with E-state index in [9.17, 15) is 45.9 Å². The Bertz CT molecular complexity index is 2130. The molecule has 7 rings (SSSR count). The normalized spacial score (nSPS) is 31.5. The number of rotatable bonds is 5. The first-order valence-corrected chi connectivity index (χ1v) is 20.0. The molecule has 304 valence electrons.